The number of nitrogens with zero attached hydrogens (tertiary/aromatic N) is 2. The van der Waals surface area contributed by atoms with Crippen LogP contribution in [0.15, 0.2) is 36.4 Å². The summed E-state index contributed by atoms with van der Waals surface area (Å²) < 4.78 is 5.17. The molecule has 5 nitrogen and oxygen atoms in total. The first-order valence-corrected chi connectivity index (χ1v) is 15.0. The Balaban J connectivity index is 1.41. The first kappa shape index (κ1) is 29.0. The van der Waals surface area contributed by atoms with E-state index in [1.807, 2.05) is 12.1 Å². The van der Waals surface area contributed by atoms with E-state index in [1.54, 1.807) is 0 Å². The Kier molecular flexibility index (Phi) is 9.17. The molecule has 1 aromatic carbocycles. The average Bonchev–Trinajstić information content (AvgIpc) is 2.88. The van der Waals surface area contributed by atoms with Gasteiger partial charge < -0.3 is 14.5 Å². The Hall–Kier alpha value is -2.01. The van der Waals surface area contributed by atoms with Gasteiger partial charge >= 0.3 is 5.97 Å². The zero-order chi connectivity index (χ0) is 27.5. The molecule has 38 heavy (non-hydrogen) atoms. The topological polar surface area (TPSA) is 49.9 Å². The maximum atomic E-state index is 14.2. The summed E-state index contributed by atoms with van der Waals surface area (Å²) >= 11 is 6.08. The summed E-state index contributed by atoms with van der Waals surface area (Å²) in [5.41, 5.74) is 2.35. The Morgan fingerprint density at radius 2 is 1.79 bits per heavy atom. The third-order valence-corrected chi connectivity index (χ3v) is 10.4. The molecule has 210 valence electrons. The van der Waals surface area contributed by atoms with E-state index in [2.05, 4.69) is 49.3 Å². The number of amides is 1. The van der Waals surface area contributed by atoms with Crippen molar-refractivity contribution in [3.8, 4) is 0 Å². The Morgan fingerprint density at radius 3 is 2.45 bits per heavy atom. The summed E-state index contributed by atoms with van der Waals surface area (Å²) in [5, 5.41) is 0.751. The zero-order valence-corrected chi connectivity index (χ0v) is 24.7. The van der Waals surface area contributed by atoms with E-state index in [-0.39, 0.29) is 16.8 Å². The first-order chi connectivity index (χ1) is 18.0. The minimum Gasteiger partial charge on any atom is -0.466 e. The average molecular weight is 543 g/mol. The quantitative estimate of drug-likeness (QED) is 0.259. The number of anilines is 1. The normalized spacial score (nSPS) is 30.5. The Morgan fingerprint density at radius 1 is 1.11 bits per heavy atom. The van der Waals surface area contributed by atoms with E-state index >= 15 is 0 Å². The van der Waals surface area contributed by atoms with Gasteiger partial charge in [-0.3, -0.25) is 9.59 Å². The molecule has 0 unspecified atom stereocenters. The lowest BCUT2D eigenvalue weighted by atomic mass is 9.46. The first-order valence-electron chi connectivity index (χ1n) is 14.7. The summed E-state index contributed by atoms with van der Waals surface area (Å²) in [7, 11) is 0. The molecule has 5 atom stereocenters. The van der Waals surface area contributed by atoms with Gasteiger partial charge in [0.25, 0.3) is 0 Å². The van der Waals surface area contributed by atoms with Crippen LogP contribution in [0.4, 0.5) is 5.69 Å². The third-order valence-electron chi connectivity index (χ3n) is 10.1. The number of halogens is 1. The Bertz CT molecular complexity index is 1000. The van der Waals surface area contributed by atoms with E-state index < -0.39 is 0 Å². The van der Waals surface area contributed by atoms with Crippen LogP contribution in [0.2, 0.25) is 5.02 Å². The van der Waals surface area contributed by atoms with Crippen LogP contribution in [-0.4, -0.2) is 49.6 Å². The van der Waals surface area contributed by atoms with Gasteiger partial charge in [-0.25, -0.2) is 0 Å². The molecule has 3 fully saturated rings. The summed E-state index contributed by atoms with van der Waals surface area (Å²) in [5.74, 6) is 1.50. The van der Waals surface area contributed by atoms with Crippen molar-refractivity contribution in [2.24, 2.45) is 28.6 Å². The molecule has 1 aromatic rings. The maximum absolute atomic E-state index is 14.2. The number of fused-ring (bicyclic) bond motifs is 1. The van der Waals surface area contributed by atoms with Gasteiger partial charge in [0, 0.05) is 49.2 Å². The second-order valence-electron chi connectivity index (χ2n) is 12.6. The van der Waals surface area contributed by atoms with Gasteiger partial charge in [0.15, 0.2) is 0 Å². The lowest BCUT2D eigenvalue weighted by molar-refractivity contribution is -0.157. The SMILES string of the molecule is C=C1CC[C@@H]2[C@](C)(CCC[C@]2(C)C(=O)N2CCN(c3ccc(Cl)cc3)CC2)[C@H]1CC[C@H](C)CCOC(C)=O. The highest BCUT2D eigenvalue weighted by atomic mass is 35.5. The van der Waals surface area contributed by atoms with Crippen LogP contribution in [0.3, 0.4) is 0 Å². The minimum absolute atomic E-state index is 0.110. The van der Waals surface area contributed by atoms with Crippen LogP contribution in [-0.2, 0) is 14.3 Å². The zero-order valence-electron chi connectivity index (χ0n) is 23.9. The van der Waals surface area contributed by atoms with Gasteiger partial charge in [0.2, 0.25) is 5.91 Å². The minimum atomic E-state index is -0.310. The molecule has 1 amide bonds. The molecule has 1 saturated heterocycles. The predicted octanol–water partition coefficient (Wildman–Crippen LogP) is 7.14. The predicted molar refractivity (Wildman–Crippen MR) is 155 cm³/mol. The molecule has 1 heterocycles. The highest BCUT2D eigenvalue weighted by Gasteiger charge is 2.57. The number of hydrogen-bond donors (Lipinski definition) is 0. The molecule has 0 bridgehead atoms. The number of carbonyl (C=O) groups excluding carboxylic acids is 2. The van der Waals surface area contributed by atoms with E-state index in [1.165, 1.54) is 24.6 Å². The van der Waals surface area contributed by atoms with Crippen LogP contribution in [0.1, 0.15) is 79.1 Å². The molecule has 0 radical (unpaired) electrons. The number of benzene rings is 1. The molecule has 4 rings (SSSR count). The molecule has 0 spiro atoms. The van der Waals surface area contributed by atoms with Gasteiger partial charge in [-0.15, -0.1) is 0 Å². The standard InChI is InChI=1S/C32H47ClN2O3/c1-23(15-22-38-25(3)36)7-13-28-24(2)8-14-29-31(28,4)16-6-17-32(29,5)30(37)35-20-18-34(19-21-35)27-11-9-26(33)10-12-27/h9-12,23,28-29H,2,6-8,13-22H2,1,3-5H3/t23-,28-,29+,31+,32-/m0/s1. The van der Waals surface area contributed by atoms with Gasteiger partial charge in [-0.05, 0) is 92.4 Å². The van der Waals surface area contributed by atoms with E-state index in [0.29, 0.717) is 30.3 Å². The molecule has 1 aliphatic heterocycles. The van der Waals surface area contributed by atoms with E-state index in [4.69, 9.17) is 16.3 Å². The number of allylic oxidation sites excluding steroid dienone is 1. The van der Waals surface area contributed by atoms with Crippen molar-refractivity contribution in [2.45, 2.75) is 79.1 Å². The van der Waals surface area contributed by atoms with Crippen molar-refractivity contribution in [1.82, 2.24) is 4.90 Å². The summed E-state index contributed by atoms with van der Waals surface area (Å²) in [6, 6.07) is 8.01. The third kappa shape index (κ3) is 6.08. The Labute approximate surface area is 234 Å². The largest absolute Gasteiger partial charge is 0.466 e. The van der Waals surface area contributed by atoms with Crippen molar-refractivity contribution in [1.29, 1.82) is 0 Å². The van der Waals surface area contributed by atoms with Crippen LogP contribution in [0, 0.1) is 28.6 Å². The number of carbonyl (C=O) groups is 2. The van der Waals surface area contributed by atoms with Gasteiger partial charge in [-0.2, -0.15) is 0 Å². The fourth-order valence-electron chi connectivity index (χ4n) is 7.92. The number of piperazine rings is 1. The molecule has 2 saturated carbocycles. The van der Waals surface area contributed by atoms with Crippen LogP contribution < -0.4 is 4.90 Å². The molecule has 0 aromatic heterocycles. The van der Waals surface area contributed by atoms with Crippen molar-refractivity contribution in [3.63, 3.8) is 0 Å². The molecule has 3 aliphatic rings. The van der Waals surface area contributed by atoms with Crippen molar-refractivity contribution < 1.29 is 14.3 Å². The molecular formula is C32H47ClN2O3. The molecular weight excluding hydrogens is 496 g/mol. The highest BCUT2D eigenvalue weighted by Crippen LogP contribution is 2.62. The van der Waals surface area contributed by atoms with Crippen molar-refractivity contribution >= 4 is 29.2 Å². The molecule has 6 heteroatoms. The molecule has 2 aliphatic carbocycles. The van der Waals surface area contributed by atoms with Gasteiger partial charge in [0.1, 0.15) is 0 Å². The second kappa shape index (κ2) is 12.0. The fraction of sp³-hybridized carbons (Fsp3) is 0.688. The van der Waals surface area contributed by atoms with E-state index in [9.17, 15) is 9.59 Å². The van der Waals surface area contributed by atoms with Gasteiger partial charge in [-0.1, -0.05) is 50.9 Å². The lowest BCUT2D eigenvalue weighted by Crippen LogP contribution is -2.59. The maximum Gasteiger partial charge on any atom is 0.302 e. The lowest BCUT2D eigenvalue weighted by Gasteiger charge is -2.59. The number of hydrogen-bond acceptors (Lipinski definition) is 4. The fourth-order valence-corrected chi connectivity index (χ4v) is 8.04. The summed E-state index contributed by atoms with van der Waals surface area (Å²) in [6.07, 6.45) is 8.48. The van der Waals surface area contributed by atoms with Crippen molar-refractivity contribution in [2.75, 3.05) is 37.7 Å². The highest BCUT2D eigenvalue weighted by molar-refractivity contribution is 6.30. The summed E-state index contributed by atoms with van der Waals surface area (Å²) in [4.78, 5) is 29.8. The smallest absolute Gasteiger partial charge is 0.302 e. The van der Waals surface area contributed by atoms with Crippen LogP contribution >= 0.6 is 11.6 Å². The monoisotopic (exact) mass is 542 g/mol. The summed E-state index contributed by atoms with van der Waals surface area (Å²) in [6.45, 7) is 16.8. The van der Waals surface area contributed by atoms with Crippen LogP contribution in [0.25, 0.3) is 0 Å². The second-order valence-corrected chi connectivity index (χ2v) is 13.1. The number of esters is 1. The molecule has 0 N–H and O–H groups in total. The van der Waals surface area contributed by atoms with Gasteiger partial charge in [0.05, 0.1) is 6.61 Å². The van der Waals surface area contributed by atoms with Crippen molar-refractivity contribution in [3.05, 3.63) is 41.4 Å². The number of rotatable bonds is 8. The van der Waals surface area contributed by atoms with Crippen LogP contribution in [0.5, 0.6) is 0 Å². The van der Waals surface area contributed by atoms with E-state index in [0.717, 1.165) is 76.1 Å². The number of ether oxygens (including phenoxy) is 1.